The number of nitrogens with zero attached hydrogens (tertiary/aromatic N) is 1. The molecule has 0 unspecified atom stereocenters. The van der Waals surface area contributed by atoms with Crippen LogP contribution in [0.5, 0.6) is 0 Å². The van der Waals surface area contributed by atoms with Crippen molar-refractivity contribution in [3.8, 4) is 0 Å². The summed E-state index contributed by atoms with van der Waals surface area (Å²) in [6.45, 7) is 0.305. The number of amides is 1. The van der Waals surface area contributed by atoms with Gasteiger partial charge in [0.2, 0.25) is 5.91 Å². The number of hydrogen-bond acceptors (Lipinski definition) is 5. The number of para-hydroxylation sites is 1. The summed E-state index contributed by atoms with van der Waals surface area (Å²) in [6.07, 6.45) is 1.83. The molecule has 0 aliphatic carbocycles. The molecule has 2 aliphatic heterocycles. The van der Waals surface area contributed by atoms with E-state index >= 15 is 0 Å². The van der Waals surface area contributed by atoms with Gasteiger partial charge < -0.3 is 9.73 Å². The van der Waals surface area contributed by atoms with Gasteiger partial charge >= 0.3 is 0 Å². The first-order chi connectivity index (χ1) is 10.7. The summed E-state index contributed by atoms with van der Waals surface area (Å²) in [5.74, 6) is 0.867. The number of anilines is 1. The summed E-state index contributed by atoms with van der Waals surface area (Å²) in [5, 5.41) is 12.5. The minimum absolute atomic E-state index is 0.0674. The molecule has 22 heavy (non-hydrogen) atoms. The van der Waals surface area contributed by atoms with Crippen LogP contribution in [0.25, 0.3) is 0 Å². The first-order valence-electron chi connectivity index (χ1n) is 6.91. The zero-order valence-electron chi connectivity index (χ0n) is 11.6. The summed E-state index contributed by atoms with van der Waals surface area (Å²) in [6, 6.07) is 11.6. The van der Waals surface area contributed by atoms with Crippen LogP contribution in [0.3, 0.4) is 0 Å². The van der Waals surface area contributed by atoms with Crippen molar-refractivity contribution >= 4 is 29.2 Å². The van der Waals surface area contributed by atoms with E-state index < -0.39 is 0 Å². The molecule has 0 bridgehead atoms. The van der Waals surface area contributed by atoms with Crippen LogP contribution in [0.2, 0.25) is 0 Å². The highest BCUT2D eigenvalue weighted by atomic mass is 32.2. The summed E-state index contributed by atoms with van der Waals surface area (Å²) in [5.41, 5.74) is 1.78. The van der Waals surface area contributed by atoms with E-state index in [-0.39, 0.29) is 18.2 Å². The molecule has 0 atom stereocenters. The maximum atomic E-state index is 12.2. The van der Waals surface area contributed by atoms with Crippen LogP contribution in [-0.4, -0.2) is 16.6 Å². The van der Waals surface area contributed by atoms with Crippen molar-refractivity contribution in [1.29, 1.82) is 5.41 Å². The van der Waals surface area contributed by atoms with Crippen LogP contribution in [0, 0.1) is 5.41 Å². The molecule has 1 aromatic heterocycles. The number of hydrogen-bond donors (Lipinski definition) is 2. The van der Waals surface area contributed by atoms with Gasteiger partial charge in [-0.05, 0) is 24.3 Å². The van der Waals surface area contributed by atoms with Gasteiger partial charge in [-0.3, -0.25) is 15.1 Å². The fourth-order valence-corrected chi connectivity index (χ4v) is 3.63. The molecule has 0 spiro atoms. The number of carbonyl (C=O) groups excluding carboxylic acids is 1. The first kappa shape index (κ1) is 13.2. The number of furan rings is 1. The summed E-state index contributed by atoms with van der Waals surface area (Å²) in [7, 11) is 0. The van der Waals surface area contributed by atoms with Crippen molar-refractivity contribution in [3.63, 3.8) is 0 Å². The monoisotopic (exact) mass is 311 g/mol. The third-order valence-corrected chi connectivity index (χ3v) is 4.83. The Hall–Kier alpha value is -2.47. The van der Waals surface area contributed by atoms with E-state index in [9.17, 15) is 4.79 Å². The predicted molar refractivity (Wildman–Crippen MR) is 84.5 cm³/mol. The van der Waals surface area contributed by atoms with Gasteiger partial charge in [0.05, 0.1) is 29.9 Å². The highest BCUT2D eigenvalue weighted by molar-refractivity contribution is 8.03. The average Bonchev–Trinajstić information content (AvgIpc) is 3.22. The summed E-state index contributed by atoms with van der Waals surface area (Å²) >= 11 is 1.57. The molecule has 2 N–H and O–H groups in total. The van der Waals surface area contributed by atoms with Crippen LogP contribution < -0.4 is 5.32 Å². The number of nitrogens with one attached hydrogen (secondary N) is 2. The van der Waals surface area contributed by atoms with Crippen LogP contribution in [0.15, 0.2) is 62.6 Å². The molecule has 5 nitrogen and oxygen atoms in total. The molecule has 1 saturated heterocycles. The molecule has 6 heteroatoms. The lowest BCUT2D eigenvalue weighted by Crippen LogP contribution is -2.28. The Morgan fingerprint density at radius 3 is 2.91 bits per heavy atom. The fraction of sp³-hybridized carbons (Fsp3) is 0.125. The van der Waals surface area contributed by atoms with Crippen LogP contribution in [-0.2, 0) is 11.3 Å². The molecule has 110 valence electrons. The lowest BCUT2D eigenvalue weighted by Gasteiger charge is -2.14. The molecular weight excluding hydrogens is 298 g/mol. The second-order valence-corrected chi connectivity index (χ2v) is 6.17. The quantitative estimate of drug-likeness (QED) is 0.891. The van der Waals surface area contributed by atoms with Gasteiger partial charge in [-0.25, -0.2) is 0 Å². The van der Waals surface area contributed by atoms with Crippen LogP contribution in [0.1, 0.15) is 12.2 Å². The van der Waals surface area contributed by atoms with Gasteiger partial charge in [0.15, 0.2) is 0 Å². The maximum Gasteiger partial charge on any atom is 0.233 e. The molecule has 3 heterocycles. The lowest BCUT2D eigenvalue weighted by molar-refractivity contribution is -0.126. The van der Waals surface area contributed by atoms with Gasteiger partial charge in [-0.15, -0.1) is 0 Å². The Morgan fingerprint density at radius 2 is 2.14 bits per heavy atom. The van der Waals surface area contributed by atoms with Crippen molar-refractivity contribution in [3.05, 3.63) is 59.0 Å². The number of amidine groups is 1. The van der Waals surface area contributed by atoms with E-state index in [0.717, 1.165) is 21.2 Å². The van der Waals surface area contributed by atoms with Crippen molar-refractivity contribution in [2.45, 2.75) is 17.9 Å². The van der Waals surface area contributed by atoms with Gasteiger partial charge in [0.1, 0.15) is 11.6 Å². The number of fused-ring (bicyclic) bond motifs is 1. The molecular formula is C16H13N3O2S. The van der Waals surface area contributed by atoms with Crippen LogP contribution >= 0.6 is 11.8 Å². The predicted octanol–water partition coefficient (Wildman–Crippen LogP) is 3.42. The van der Waals surface area contributed by atoms with Gasteiger partial charge in [-0.2, -0.15) is 0 Å². The Balaban J connectivity index is 1.61. The zero-order valence-corrected chi connectivity index (χ0v) is 12.4. The van der Waals surface area contributed by atoms with E-state index in [1.807, 2.05) is 30.3 Å². The molecule has 1 fully saturated rings. The maximum absolute atomic E-state index is 12.2. The molecule has 0 saturated carbocycles. The molecule has 2 aliphatic rings. The largest absolute Gasteiger partial charge is 0.467 e. The third-order valence-electron chi connectivity index (χ3n) is 3.70. The standard InChI is InChI=1S/C16H13N3O2S/c17-15-11(16-18-12-5-1-2-6-13(12)22-16)8-14(20)19(15)9-10-4-3-7-21-10/h1-7,17-18H,8-9H2. The molecule has 1 aromatic carbocycles. The van der Waals surface area contributed by atoms with E-state index in [4.69, 9.17) is 9.83 Å². The minimum Gasteiger partial charge on any atom is -0.467 e. The molecule has 2 aromatic rings. The van der Waals surface area contributed by atoms with E-state index in [2.05, 4.69) is 5.32 Å². The smallest absolute Gasteiger partial charge is 0.233 e. The normalized spacial score (nSPS) is 20.5. The van der Waals surface area contributed by atoms with E-state index in [0.29, 0.717) is 12.3 Å². The third kappa shape index (κ3) is 2.12. The second kappa shape index (κ2) is 5.06. The van der Waals surface area contributed by atoms with Crippen molar-refractivity contribution in [2.75, 3.05) is 5.32 Å². The molecule has 1 amide bonds. The topological polar surface area (TPSA) is 69.3 Å². The lowest BCUT2D eigenvalue weighted by atomic mass is 10.2. The van der Waals surface area contributed by atoms with Crippen LogP contribution in [0.4, 0.5) is 5.69 Å². The second-order valence-electron chi connectivity index (χ2n) is 5.12. The molecule has 0 radical (unpaired) electrons. The number of carbonyl (C=O) groups is 1. The summed E-state index contributed by atoms with van der Waals surface area (Å²) in [4.78, 5) is 14.8. The first-order valence-corrected chi connectivity index (χ1v) is 7.73. The zero-order chi connectivity index (χ0) is 15.1. The van der Waals surface area contributed by atoms with Crippen molar-refractivity contribution < 1.29 is 9.21 Å². The van der Waals surface area contributed by atoms with Crippen molar-refractivity contribution in [2.24, 2.45) is 0 Å². The van der Waals surface area contributed by atoms with E-state index in [1.54, 1.807) is 24.1 Å². The Kier molecular flexibility index (Phi) is 3.04. The number of thioether (sulfide) groups is 1. The Bertz CT molecular complexity index is 768. The van der Waals surface area contributed by atoms with Gasteiger partial charge in [-0.1, -0.05) is 23.9 Å². The minimum atomic E-state index is -0.0674. The van der Waals surface area contributed by atoms with Gasteiger partial charge in [0.25, 0.3) is 0 Å². The average molecular weight is 311 g/mol. The Labute approximate surface area is 131 Å². The van der Waals surface area contributed by atoms with Crippen molar-refractivity contribution in [1.82, 2.24) is 4.90 Å². The Morgan fingerprint density at radius 1 is 1.27 bits per heavy atom. The fourth-order valence-electron chi connectivity index (χ4n) is 2.59. The number of benzene rings is 1. The van der Waals surface area contributed by atoms with E-state index in [1.165, 1.54) is 4.90 Å². The number of likely N-dealkylation sites (tertiary alicyclic amines) is 1. The highest BCUT2D eigenvalue weighted by Gasteiger charge is 2.35. The highest BCUT2D eigenvalue weighted by Crippen LogP contribution is 2.43. The SMILES string of the molecule is N=C1C(=C2Nc3ccccc3S2)CC(=O)N1Cc1ccco1. The molecule has 4 rings (SSSR count). The number of rotatable bonds is 2. The summed E-state index contributed by atoms with van der Waals surface area (Å²) < 4.78 is 5.28. The van der Waals surface area contributed by atoms with Gasteiger partial charge in [0, 0.05) is 10.5 Å².